The van der Waals surface area contributed by atoms with Crippen LogP contribution in [0.1, 0.15) is 38.2 Å². The molecule has 5 heteroatoms. The van der Waals surface area contributed by atoms with Crippen LogP contribution in [0.2, 0.25) is 5.02 Å². The molecule has 1 amide bonds. The van der Waals surface area contributed by atoms with Gasteiger partial charge in [-0.1, -0.05) is 24.6 Å². The molecule has 1 aromatic rings. The Labute approximate surface area is 162 Å². The van der Waals surface area contributed by atoms with Gasteiger partial charge in [0, 0.05) is 13.1 Å². The quantitative estimate of drug-likeness (QED) is 0.841. The zero-order chi connectivity index (χ0) is 18.5. The lowest BCUT2D eigenvalue weighted by atomic mass is 9.94. The minimum atomic E-state index is 0.0307. The van der Waals surface area contributed by atoms with Crippen LogP contribution in [0.25, 0.3) is 0 Å². The van der Waals surface area contributed by atoms with Gasteiger partial charge >= 0.3 is 0 Å². The number of hydrogen-bond acceptors (Lipinski definition) is 3. The van der Waals surface area contributed by atoms with E-state index in [2.05, 4.69) is 22.0 Å². The summed E-state index contributed by atoms with van der Waals surface area (Å²) in [6, 6.07) is 5.73. The van der Waals surface area contributed by atoms with Crippen LogP contribution in [-0.4, -0.2) is 55.0 Å². The number of benzene rings is 1. The Bertz CT molecular complexity index is 613. The number of piperidine rings is 2. The van der Waals surface area contributed by atoms with Gasteiger partial charge in [0.05, 0.1) is 17.3 Å². The first-order chi connectivity index (χ1) is 12.5. The summed E-state index contributed by atoms with van der Waals surface area (Å²) >= 11 is 6.22. The minimum Gasteiger partial charge on any atom is -0.324 e. The summed E-state index contributed by atoms with van der Waals surface area (Å²) in [6.45, 7) is 10.5. The second-order valence-corrected chi connectivity index (χ2v) is 8.67. The van der Waals surface area contributed by atoms with Crippen molar-refractivity contribution >= 4 is 23.2 Å². The van der Waals surface area contributed by atoms with Gasteiger partial charge in [0.15, 0.2) is 0 Å². The average Bonchev–Trinajstić information content (AvgIpc) is 2.60. The summed E-state index contributed by atoms with van der Waals surface area (Å²) in [7, 11) is 0. The number of rotatable bonds is 5. The highest BCUT2D eigenvalue weighted by molar-refractivity contribution is 6.33. The molecule has 0 aromatic heterocycles. The monoisotopic (exact) mass is 377 g/mol. The van der Waals surface area contributed by atoms with E-state index in [1.807, 2.05) is 25.1 Å². The van der Waals surface area contributed by atoms with Gasteiger partial charge in [-0.15, -0.1) is 0 Å². The van der Waals surface area contributed by atoms with Crippen molar-refractivity contribution in [2.24, 2.45) is 11.8 Å². The number of carbonyl (C=O) groups is 1. The standard InChI is InChI=1S/C21H32ClN3O/c1-16-7-10-24(11-8-16)13-18-4-3-9-25(14-18)15-21(26)23-20-6-5-17(2)12-19(20)22/h5-6,12,16,18H,3-4,7-11,13-15H2,1-2H3,(H,23,26). The molecular formula is C21H32ClN3O. The van der Waals surface area contributed by atoms with E-state index < -0.39 is 0 Å². The lowest BCUT2D eigenvalue weighted by Gasteiger charge is -2.37. The Morgan fingerprint density at radius 2 is 1.96 bits per heavy atom. The van der Waals surface area contributed by atoms with E-state index in [1.54, 1.807) is 0 Å². The van der Waals surface area contributed by atoms with Gasteiger partial charge in [0.1, 0.15) is 0 Å². The molecule has 1 aromatic carbocycles. The maximum Gasteiger partial charge on any atom is 0.238 e. The van der Waals surface area contributed by atoms with Gasteiger partial charge in [-0.25, -0.2) is 0 Å². The van der Waals surface area contributed by atoms with Gasteiger partial charge in [0.25, 0.3) is 0 Å². The minimum absolute atomic E-state index is 0.0307. The van der Waals surface area contributed by atoms with Crippen LogP contribution in [-0.2, 0) is 4.79 Å². The van der Waals surface area contributed by atoms with Crippen molar-refractivity contribution in [1.29, 1.82) is 0 Å². The first-order valence-corrected chi connectivity index (χ1v) is 10.4. The molecule has 1 N–H and O–H groups in total. The van der Waals surface area contributed by atoms with Crippen LogP contribution in [0.3, 0.4) is 0 Å². The Balaban J connectivity index is 1.46. The fourth-order valence-electron chi connectivity index (χ4n) is 4.17. The predicted molar refractivity (Wildman–Crippen MR) is 109 cm³/mol. The van der Waals surface area contributed by atoms with Crippen LogP contribution in [0.5, 0.6) is 0 Å². The third-order valence-corrected chi connectivity index (χ3v) is 6.07. The largest absolute Gasteiger partial charge is 0.324 e. The molecule has 2 saturated heterocycles. The smallest absolute Gasteiger partial charge is 0.238 e. The first kappa shape index (κ1) is 19.7. The highest BCUT2D eigenvalue weighted by Crippen LogP contribution is 2.24. The zero-order valence-corrected chi connectivity index (χ0v) is 16.9. The topological polar surface area (TPSA) is 35.6 Å². The molecule has 1 unspecified atom stereocenters. The number of halogens is 1. The molecule has 2 aliphatic rings. The van der Waals surface area contributed by atoms with Crippen molar-refractivity contribution in [3.05, 3.63) is 28.8 Å². The second-order valence-electron chi connectivity index (χ2n) is 8.26. The van der Waals surface area contributed by atoms with E-state index in [1.165, 1.54) is 45.3 Å². The molecule has 0 aliphatic carbocycles. The SMILES string of the molecule is Cc1ccc(NC(=O)CN2CCCC(CN3CCC(C)CC3)C2)c(Cl)c1. The van der Waals surface area contributed by atoms with Crippen molar-refractivity contribution in [3.8, 4) is 0 Å². The molecule has 2 aliphatic heterocycles. The average molecular weight is 378 g/mol. The molecule has 1 atom stereocenters. The lowest BCUT2D eigenvalue weighted by Crippen LogP contribution is -2.45. The van der Waals surface area contributed by atoms with Crippen LogP contribution >= 0.6 is 11.6 Å². The highest BCUT2D eigenvalue weighted by atomic mass is 35.5. The number of nitrogens with one attached hydrogen (secondary N) is 1. The Kier molecular flexibility index (Phi) is 6.96. The van der Waals surface area contributed by atoms with Crippen molar-refractivity contribution in [2.45, 2.75) is 39.5 Å². The normalized spacial score (nSPS) is 23.1. The van der Waals surface area contributed by atoms with Gasteiger partial charge < -0.3 is 10.2 Å². The lowest BCUT2D eigenvalue weighted by molar-refractivity contribution is -0.117. The summed E-state index contributed by atoms with van der Waals surface area (Å²) in [5.41, 5.74) is 1.80. The van der Waals surface area contributed by atoms with Crippen LogP contribution in [0, 0.1) is 18.8 Å². The van der Waals surface area contributed by atoms with Crippen molar-refractivity contribution in [3.63, 3.8) is 0 Å². The number of nitrogens with zero attached hydrogens (tertiary/aromatic N) is 2. The van der Waals surface area contributed by atoms with Gasteiger partial charge in [-0.3, -0.25) is 9.69 Å². The van der Waals surface area contributed by atoms with E-state index in [-0.39, 0.29) is 5.91 Å². The fourth-order valence-corrected chi connectivity index (χ4v) is 4.45. The summed E-state index contributed by atoms with van der Waals surface area (Å²) in [5.74, 6) is 1.60. The Hall–Kier alpha value is -1.10. The van der Waals surface area contributed by atoms with Crippen molar-refractivity contribution in [2.75, 3.05) is 44.6 Å². The van der Waals surface area contributed by atoms with Crippen molar-refractivity contribution < 1.29 is 4.79 Å². The Morgan fingerprint density at radius 3 is 2.69 bits per heavy atom. The molecular weight excluding hydrogens is 346 g/mol. The number of aryl methyl sites for hydroxylation is 1. The summed E-state index contributed by atoms with van der Waals surface area (Å²) < 4.78 is 0. The van der Waals surface area contributed by atoms with Crippen LogP contribution < -0.4 is 5.32 Å². The van der Waals surface area contributed by atoms with Crippen LogP contribution in [0.4, 0.5) is 5.69 Å². The number of likely N-dealkylation sites (tertiary alicyclic amines) is 2. The van der Waals surface area contributed by atoms with Gasteiger partial charge in [-0.05, 0) is 81.8 Å². The molecule has 4 nitrogen and oxygen atoms in total. The summed E-state index contributed by atoms with van der Waals surface area (Å²) in [5, 5.41) is 3.57. The molecule has 3 rings (SSSR count). The molecule has 144 valence electrons. The maximum absolute atomic E-state index is 12.4. The molecule has 0 radical (unpaired) electrons. The molecule has 0 saturated carbocycles. The number of hydrogen-bond donors (Lipinski definition) is 1. The predicted octanol–water partition coefficient (Wildman–Crippen LogP) is 4.03. The van der Waals surface area contributed by atoms with Gasteiger partial charge in [0.2, 0.25) is 5.91 Å². The van der Waals surface area contributed by atoms with E-state index >= 15 is 0 Å². The van der Waals surface area contributed by atoms with Crippen LogP contribution in [0.15, 0.2) is 18.2 Å². The Morgan fingerprint density at radius 1 is 1.19 bits per heavy atom. The number of amides is 1. The maximum atomic E-state index is 12.4. The molecule has 26 heavy (non-hydrogen) atoms. The van der Waals surface area contributed by atoms with E-state index in [9.17, 15) is 4.79 Å². The molecule has 0 bridgehead atoms. The fraction of sp³-hybridized carbons (Fsp3) is 0.667. The highest BCUT2D eigenvalue weighted by Gasteiger charge is 2.25. The molecule has 2 fully saturated rings. The van der Waals surface area contributed by atoms with E-state index in [4.69, 9.17) is 11.6 Å². The number of carbonyl (C=O) groups excluding carboxylic acids is 1. The first-order valence-electron chi connectivity index (χ1n) is 10.0. The van der Waals surface area contributed by atoms with E-state index in [0.29, 0.717) is 23.2 Å². The van der Waals surface area contributed by atoms with Crippen molar-refractivity contribution in [1.82, 2.24) is 9.80 Å². The third-order valence-electron chi connectivity index (χ3n) is 5.76. The zero-order valence-electron chi connectivity index (χ0n) is 16.1. The van der Waals surface area contributed by atoms with E-state index in [0.717, 1.165) is 24.6 Å². The number of anilines is 1. The summed E-state index contributed by atoms with van der Waals surface area (Å²) in [6.07, 6.45) is 5.13. The second kappa shape index (κ2) is 9.20. The summed E-state index contributed by atoms with van der Waals surface area (Å²) in [4.78, 5) is 17.4. The third kappa shape index (κ3) is 5.70. The molecule has 0 spiro atoms. The van der Waals surface area contributed by atoms with Gasteiger partial charge in [-0.2, -0.15) is 0 Å². The molecule has 2 heterocycles.